The van der Waals surface area contributed by atoms with Crippen LogP contribution in [0.2, 0.25) is 0 Å². The summed E-state index contributed by atoms with van der Waals surface area (Å²) in [5, 5.41) is 0. The lowest BCUT2D eigenvalue weighted by Crippen LogP contribution is -1.97. The minimum absolute atomic E-state index is 0.314. The van der Waals surface area contributed by atoms with Crippen molar-refractivity contribution in [2.45, 2.75) is 25.7 Å². The van der Waals surface area contributed by atoms with E-state index in [9.17, 15) is 4.39 Å². The molecule has 0 aromatic carbocycles. The van der Waals surface area contributed by atoms with Gasteiger partial charge in [0.05, 0.1) is 23.9 Å². The summed E-state index contributed by atoms with van der Waals surface area (Å²) in [5.74, 6) is 0.276. The maximum atomic E-state index is 13.6. The highest BCUT2D eigenvalue weighted by molar-refractivity contribution is 5.34. The van der Waals surface area contributed by atoms with Gasteiger partial charge < -0.3 is 4.57 Å². The van der Waals surface area contributed by atoms with Gasteiger partial charge in [-0.3, -0.25) is 4.98 Å². The number of hydrogen-bond donors (Lipinski definition) is 0. The van der Waals surface area contributed by atoms with Crippen molar-refractivity contribution in [1.82, 2.24) is 14.5 Å². The molecule has 1 fully saturated rings. The summed E-state index contributed by atoms with van der Waals surface area (Å²) in [6, 6.07) is 1.73. The third kappa shape index (κ3) is 1.60. The van der Waals surface area contributed by atoms with Gasteiger partial charge in [-0.2, -0.15) is 0 Å². The largest absolute Gasteiger partial charge is 0.303 e. The topological polar surface area (TPSA) is 30.7 Å². The van der Waals surface area contributed by atoms with E-state index < -0.39 is 0 Å². The van der Waals surface area contributed by atoms with Crippen LogP contribution < -0.4 is 0 Å². The van der Waals surface area contributed by atoms with E-state index in [1.54, 1.807) is 17.0 Å². The highest BCUT2D eigenvalue weighted by Crippen LogP contribution is 2.39. The van der Waals surface area contributed by atoms with Crippen LogP contribution in [0, 0.1) is 12.7 Å². The summed E-state index contributed by atoms with van der Waals surface area (Å²) in [4.78, 5) is 8.21. The van der Waals surface area contributed by atoms with E-state index in [2.05, 4.69) is 9.97 Å². The van der Waals surface area contributed by atoms with Gasteiger partial charge >= 0.3 is 0 Å². The molecule has 2 heterocycles. The first-order valence-electron chi connectivity index (χ1n) is 5.40. The number of aromatic nitrogens is 3. The van der Waals surface area contributed by atoms with Crippen molar-refractivity contribution in [3.8, 4) is 5.69 Å². The molecule has 0 bridgehead atoms. The van der Waals surface area contributed by atoms with E-state index in [1.165, 1.54) is 19.0 Å². The molecule has 1 saturated carbocycles. The van der Waals surface area contributed by atoms with Crippen molar-refractivity contribution < 1.29 is 4.39 Å². The predicted octanol–water partition coefficient (Wildman–Crippen LogP) is 2.59. The van der Waals surface area contributed by atoms with Crippen LogP contribution in [0.25, 0.3) is 5.69 Å². The third-order valence-electron chi connectivity index (χ3n) is 2.85. The van der Waals surface area contributed by atoms with Gasteiger partial charge in [-0.1, -0.05) is 0 Å². The minimum Gasteiger partial charge on any atom is -0.303 e. The predicted molar refractivity (Wildman–Crippen MR) is 58.0 cm³/mol. The third-order valence-corrected chi connectivity index (χ3v) is 2.85. The summed E-state index contributed by atoms with van der Waals surface area (Å²) in [7, 11) is 0. The summed E-state index contributed by atoms with van der Waals surface area (Å²) < 4.78 is 15.3. The molecule has 0 spiro atoms. The Morgan fingerprint density at radius 2 is 2.19 bits per heavy atom. The van der Waals surface area contributed by atoms with Crippen LogP contribution in [0.3, 0.4) is 0 Å². The van der Waals surface area contributed by atoms with Crippen LogP contribution in [-0.2, 0) is 0 Å². The van der Waals surface area contributed by atoms with Crippen molar-refractivity contribution in [2.75, 3.05) is 0 Å². The van der Waals surface area contributed by atoms with Gasteiger partial charge in [-0.15, -0.1) is 0 Å². The number of rotatable bonds is 2. The zero-order chi connectivity index (χ0) is 11.1. The fourth-order valence-corrected chi connectivity index (χ4v) is 1.79. The van der Waals surface area contributed by atoms with E-state index >= 15 is 0 Å². The molecule has 3 rings (SSSR count). The van der Waals surface area contributed by atoms with E-state index in [-0.39, 0.29) is 5.82 Å². The molecule has 1 aliphatic rings. The maximum Gasteiger partial charge on any atom is 0.165 e. The quantitative estimate of drug-likeness (QED) is 0.774. The number of aryl methyl sites for hydroxylation is 1. The summed E-state index contributed by atoms with van der Waals surface area (Å²) in [6.07, 6.45) is 7.24. The Kier molecular flexibility index (Phi) is 2.02. The van der Waals surface area contributed by atoms with Crippen molar-refractivity contribution in [3.63, 3.8) is 0 Å². The first-order valence-corrected chi connectivity index (χ1v) is 5.40. The first-order chi connectivity index (χ1) is 7.74. The standard InChI is InChI=1S/C12H12FN3/c1-8-4-12(10(13)5-14-8)16-6-11(15-7-16)9-2-3-9/h4-7,9H,2-3H2,1H3. The molecule has 0 radical (unpaired) electrons. The smallest absolute Gasteiger partial charge is 0.165 e. The summed E-state index contributed by atoms with van der Waals surface area (Å²) in [6.45, 7) is 1.85. The molecule has 0 unspecified atom stereocenters. The summed E-state index contributed by atoms with van der Waals surface area (Å²) in [5.41, 5.74) is 2.39. The second-order valence-corrected chi connectivity index (χ2v) is 4.26. The van der Waals surface area contributed by atoms with E-state index in [4.69, 9.17) is 0 Å². The highest BCUT2D eigenvalue weighted by atomic mass is 19.1. The van der Waals surface area contributed by atoms with Gasteiger partial charge in [0, 0.05) is 17.8 Å². The number of imidazole rings is 1. The Hall–Kier alpha value is -1.71. The van der Waals surface area contributed by atoms with Crippen LogP contribution >= 0.6 is 0 Å². The van der Waals surface area contributed by atoms with Gasteiger partial charge in [-0.05, 0) is 25.8 Å². The average Bonchev–Trinajstić information content (AvgIpc) is 3.01. The minimum atomic E-state index is -0.314. The lowest BCUT2D eigenvalue weighted by molar-refractivity contribution is 0.610. The zero-order valence-corrected chi connectivity index (χ0v) is 9.02. The zero-order valence-electron chi connectivity index (χ0n) is 9.02. The Bertz CT molecular complexity index is 529. The maximum absolute atomic E-state index is 13.6. The van der Waals surface area contributed by atoms with E-state index in [0.29, 0.717) is 11.6 Å². The first kappa shape index (κ1) is 9.51. The second-order valence-electron chi connectivity index (χ2n) is 4.26. The van der Waals surface area contributed by atoms with Crippen molar-refractivity contribution in [1.29, 1.82) is 0 Å². The molecule has 0 N–H and O–H groups in total. The summed E-state index contributed by atoms with van der Waals surface area (Å²) >= 11 is 0. The lowest BCUT2D eigenvalue weighted by Gasteiger charge is -2.03. The fourth-order valence-electron chi connectivity index (χ4n) is 1.79. The number of nitrogens with zero attached hydrogens (tertiary/aromatic N) is 3. The van der Waals surface area contributed by atoms with Crippen molar-refractivity contribution in [3.05, 3.63) is 42.0 Å². The fraction of sp³-hybridized carbons (Fsp3) is 0.333. The molecule has 0 aliphatic heterocycles. The Labute approximate surface area is 93.0 Å². The number of halogens is 1. The molecule has 0 atom stereocenters. The van der Waals surface area contributed by atoms with Gasteiger partial charge in [-0.25, -0.2) is 9.37 Å². The Balaban J connectivity index is 2.03. The molecule has 1 aliphatic carbocycles. The van der Waals surface area contributed by atoms with Crippen molar-refractivity contribution >= 4 is 0 Å². The van der Waals surface area contributed by atoms with E-state index in [0.717, 1.165) is 11.4 Å². The average molecular weight is 217 g/mol. The van der Waals surface area contributed by atoms with Crippen LogP contribution in [0.5, 0.6) is 0 Å². The molecule has 0 amide bonds. The van der Waals surface area contributed by atoms with Crippen LogP contribution in [0.15, 0.2) is 24.8 Å². The molecule has 4 heteroatoms. The van der Waals surface area contributed by atoms with E-state index in [1.807, 2.05) is 13.1 Å². The lowest BCUT2D eigenvalue weighted by atomic mass is 10.3. The Morgan fingerprint density at radius 3 is 2.94 bits per heavy atom. The molecule has 16 heavy (non-hydrogen) atoms. The molecule has 0 saturated heterocycles. The number of pyridine rings is 1. The second kappa shape index (κ2) is 3.40. The number of hydrogen-bond acceptors (Lipinski definition) is 2. The van der Waals surface area contributed by atoms with Crippen LogP contribution in [0.1, 0.15) is 30.1 Å². The van der Waals surface area contributed by atoms with Crippen LogP contribution in [0.4, 0.5) is 4.39 Å². The molecular weight excluding hydrogens is 205 g/mol. The highest BCUT2D eigenvalue weighted by Gasteiger charge is 2.26. The molecular formula is C12H12FN3. The molecule has 3 nitrogen and oxygen atoms in total. The van der Waals surface area contributed by atoms with Gasteiger partial charge in [0.1, 0.15) is 0 Å². The molecule has 2 aromatic rings. The SMILES string of the molecule is Cc1cc(-n2cnc(C3CC3)c2)c(F)cn1. The van der Waals surface area contributed by atoms with Crippen LogP contribution in [-0.4, -0.2) is 14.5 Å². The normalized spacial score (nSPS) is 15.4. The Morgan fingerprint density at radius 1 is 1.38 bits per heavy atom. The molecule has 82 valence electrons. The van der Waals surface area contributed by atoms with Gasteiger partial charge in [0.15, 0.2) is 5.82 Å². The van der Waals surface area contributed by atoms with Crippen molar-refractivity contribution in [2.24, 2.45) is 0 Å². The monoisotopic (exact) mass is 217 g/mol. The van der Waals surface area contributed by atoms with Gasteiger partial charge in [0.2, 0.25) is 0 Å². The van der Waals surface area contributed by atoms with Gasteiger partial charge in [0.25, 0.3) is 0 Å². The molecule has 2 aromatic heterocycles.